The van der Waals surface area contributed by atoms with E-state index in [0.29, 0.717) is 11.7 Å². The van der Waals surface area contributed by atoms with E-state index in [1.165, 1.54) is 13.1 Å². The maximum absolute atomic E-state index is 10.1. The maximum Gasteiger partial charge on any atom is 0.0890 e. The number of hydrogen-bond acceptors (Lipinski definition) is 3. The van der Waals surface area contributed by atoms with Gasteiger partial charge in [0, 0.05) is 12.3 Å². The average molecular weight is 173 g/mol. The van der Waals surface area contributed by atoms with Crippen molar-refractivity contribution in [2.45, 2.75) is 18.4 Å². The highest BCUT2D eigenvalue weighted by Crippen LogP contribution is 2.35. The van der Waals surface area contributed by atoms with Gasteiger partial charge in [-0.1, -0.05) is 0 Å². The molecule has 0 aliphatic carbocycles. The van der Waals surface area contributed by atoms with Gasteiger partial charge in [0.25, 0.3) is 0 Å². The van der Waals surface area contributed by atoms with Crippen molar-refractivity contribution < 1.29 is 5.11 Å². The first-order chi connectivity index (χ1) is 5.24. The Morgan fingerprint density at radius 3 is 2.36 bits per heavy atom. The van der Waals surface area contributed by atoms with Crippen LogP contribution in [0.15, 0.2) is 0 Å². The molecule has 1 atom stereocenters. The van der Waals surface area contributed by atoms with Crippen molar-refractivity contribution in [1.29, 1.82) is 0 Å². The zero-order chi connectivity index (χ0) is 7.90. The zero-order valence-corrected chi connectivity index (χ0v) is 7.56. The van der Waals surface area contributed by atoms with Gasteiger partial charge in [0.15, 0.2) is 0 Å². The Balaban J connectivity index is 2.13. The molecule has 3 heteroatoms. The second kappa shape index (κ2) is 2.64. The highest BCUT2D eigenvalue weighted by atomic mass is 32.1. The predicted molar refractivity (Wildman–Crippen MR) is 48.0 cm³/mol. The molecule has 11 heavy (non-hydrogen) atoms. The molecule has 0 aromatic carbocycles. The molecule has 0 radical (unpaired) electrons. The smallest absolute Gasteiger partial charge is 0.0890 e. The molecule has 0 aromatic heterocycles. The lowest BCUT2D eigenvalue weighted by Gasteiger charge is -2.49. The molecule has 0 saturated carbocycles. The molecule has 0 unspecified atom stereocenters. The third-order valence-electron chi connectivity index (χ3n) is 3.12. The Labute approximate surface area is 73.0 Å². The second-order valence-corrected chi connectivity index (χ2v) is 4.13. The molecule has 0 amide bonds. The summed E-state index contributed by atoms with van der Waals surface area (Å²) in [6, 6.07) is 0. The van der Waals surface area contributed by atoms with Crippen molar-refractivity contribution in [1.82, 2.24) is 4.90 Å². The van der Waals surface area contributed by atoms with Crippen molar-refractivity contribution in [3.63, 3.8) is 0 Å². The molecule has 0 spiro atoms. The number of fused-ring (bicyclic) bond motifs is 3. The van der Waals surface area contributed by atoms with Crippen LogP contribution in [0.1, 0.15) is 12.8 Å². The monoisotopic (exact) mass is 173 g/mol. The van der Waals surface area contributed by atoms with Gasteiger partial charge in [0.1, 0.15) is 0 Å². The molecule has 64 valence electrons. The van der Waals surface area contributed by atoms with Crippen LogP contribution >= 0.6 is 12.6 Å². The number of thiol groups is 1. The van der Waals surface area contributed by atoms with Gasteiger partial charge in [0.2, 0.25) is 0 Å². The summed E-state index contributed by atoms with van der Waals surface area (Å²) < 4.78 is 0. The fourth-order valence-electron chi connectivity index (χ4n) is 2.32. The summed E-state index contributed by atoms with van der Waals surface area (Å²) in [5.41, 5.74) is -0.473. The van der Waals surface area contributed by atoms with E-state index >= 15 is 0 Å². The Bertz CT molecular complexity index is 156. The highest BCUT2D eigenvalue weighted by molar-refractivity contribution is 7.80. The molecule has 3 aliphatic rings. The van der Waals surface area contributed by atoms with Gasteiger partial charge in [-0.3, -0.25) is 0 Å². The van der Waals surface area contributed by atoms with Crippen molar-refractivity contribution in [2.75, 3.05) is 25.4 Å². The molecule has 3 rings (SSSR count). The molecular weight excluding hydrogens is 158 g/mol. The Morgan fingerprint density at radius 2 is 2.09 bits per heavy atom. The SMILES string of the molecule is O[C@@]1(CS)CN2CCC1CC2. The van der Waals surface area contributed by atoms with E-state index in [4.69, 9.17) is 0 Å². The van der Waals surface area contributed by atoms with Crippen LogP contribution in [-0.4, -0.2) is 41.0 Å². The predicted octanol–water partition coefficient (Wildman–Crippen LogP) is 0.373. The number of piperidine rings is 3. The van der Waals surface area contributed by atoms with E-state index < -0.39 is 5.60 Å². The van der Waals surface area contributed by atoms with Crippen molar-refractivity contribution in [2.24, 2.45) is 5.92 Å². The van der Waals surface area contributed by atoms with Crippen LogP contribution in [0.4, 0.5) is 0 Å². The summed E-state index contributed by atoms with van der Waals surface area (Å²) in [5.74, 6) is 1.14. The summed E-state index contributed by atoms with van der Waals surface area (Å²) in [5, 5.41) is 10.1. The van der Waals surface area contributed by atoms with Crippen LogP contribution in [0.5, 0.6) is 0 Å². The first-order valence-corrected chi connectivity index (χ1v) is 4.93. The summed E-state index contributed by atoms with van der Waals surface area (Å²) in [6.07, 6.45) is 2.33. The summed E-state index contributed by atoms with van der Waals surface area (Å²) in [7, 11) is 0. The number of nitrogens with zero attached hydrogens (tertiary/aromatic N) is 1. The standard InChI is InChI=1S/C8H15NOS/c10-8(6-11)5-9-3-1-7(8)2-4-9/h7,10-11H,1-6H2/t8-/m1/s1. The third-order valence-corrected chi connectivity index (χ3v) is 3.67. The van der Waals surface area contributed by atoms with E-state index in [2.05, 4.69) is 17.5 Å². The summed E-state index contributed by atoms with van der Waals surface area (Å²) in [6.45, 7) is 3.21. The fourth-order valence-corrected chi connectivity index (χ4v) is 2.68. The third kappa shape index (κ3) is 1.19. The first-order valence-electron chi connectivity index (χ1n) is 4.30. The summed E-state index contributed by atoms with van der Waals surface area (Å²) >= 11 is 4.21. The molecule has 3 aliphatic heterocycles. The normalized spacial score (nSPS) is 49.6. The minimum atomic E-state index is -0.473. The molecule has 3 saturated heterocycles. The number of hydrogen-bond donors (Lipinski definition) is 2. The lowest BCUT2D eigenvalue weighted by molar-refractivity contribution is -0.0947. The Hall–Kier alpha value is 0.270. The number of aliphatic hydroxyl groups is 1. The molecule has 3 heterocycles. The fraction of sp³-hybridized carbons (Fsp3) is 1.00. The Kier molecular flexibility index (Phi) is 1.90. The summed E-state index contributed by atoms with van der Waals surface area (Å²) in [4.78, 5) is 2.34. The molecule has 2 nitrogen and oxygen atoms in total. The lowest BCUT2D eigenvalue weighted by atomic mass is 9.76. The maximum atomic E-state index is 10.1. The second-order valence-electron chi connectivity index (χ2n) is 3.81. The Morgan fingerprint density at radius 1 is 1.45 bits per heavy atom. The average Bonchev–Trinajstić information content (AvgIpc) is 2.06. The lowest BCUT2D eigenvalue weighted by Crippen LogP contribution is -2.60. The van der Waals surface area contributed by atoms with Crippen LogP contribution in [-0.2, 0) is 0 Å². The van der Waals surface area contributed by atoms with Gasteiger partial charge in [-0.25, -0.2) is 0 Å². The van der Waals surface area contributed by atoms with Crippen molar-refractivity contribution >= 4 is 12.6 Å². The van der Waals surface area contributed by atoms with Crippen LogP contribution < -0.4 is 0 Å². The van der Waals surface area contributed by atoms with Gasteiger partial charge in [-0.15, -0.1) is 0 Å². The van der Waals surface area contributed by atoms with E-state index in [9.17, 15) is 5.11 Å². The van der Waals surface area contributed by atoms with Crippen molar-refractivity contribution in [3.8, 4) is 0 Å². The van der Waals surface area contributed by atoms with Crippen molar-refractivity contribution in [3.05, 3.63) is 0 Å². The molecule has 2 bridgehead atoms. The van der Waals surface area contributed by atoms with Gasteiger partial charge in [0.05, 0.1) is 5.60 Å². The molecular formula is C8H15NOS. The van der Waals surface area contributed by atoms with E-state index in [1.54, 1.807) is 0 Å². The van der Waals surface area contributed by atoms with Gasteiger partial charge in [-0.05, 0) is 31.8 Å². The number of rotatable bonds is 1. The largest absolute Gasteiger partial charge is 0.387 e. The molecule has 0 aromatic rings. The van der Waals surface area contributed by atoms with Gasteiger partial charge < -0.3 is 10.0 Å². The van der Waals surface area contributed by atoms with Gasteiger partial charge in [-0.2, -0.15) is 12.6 Å². The van der Waals surface area contributed by atoms with Crippen LogP contribution in [0.3, 0.4) is 0 Å². The minimum absolute atomic E-state index is 0.473. The first kappa shape index (κ1) is 7.90. The molecule has 3 fully saturated rings. The quantitative estimate of drug-likeness (QED) is 0.560. The van der Waals surface area contributed by atoms with Gasteiger partial charge >= 0.3 is 0 Å². The van der Waals surface area contributed by atoms with Crippen LogP contribution in [0.25, 0.3) is 0 Å². The van der Waals surface area contributed by atoms with E-state index in [-0.39, 0.29) is 0 Å². The van der Waals surface area contributed by atoms with E-state index in [1.807, 2.05) is 0 Å². The highest BCUT2D eigenvalue weighted by Gasteiger charge is 2.44. The van der Waals surface area contributed by atoms with Crippen LogP contribution in [0.2, 0.25) is 0 Å². The van der Waals surface area contributed by atoms with E-state index in [0.717, 1.165) is 19.4 Å². The minimum Gasteiger partial charge on any atom is -0.387 e. The topological polar surface area (TPSA) is 23.5 Å². The van der Waals surface area contributed by atoms with Crippen LogP contribution in [0, 0.1) is 5.92 Å². The zero-order valence-electron chi connectivity index (χ0n) is 6.66. The molecule has 1 N–H and O–H groups in total.